The van der Waals surface area contributed by atoms with Crippen molar-refractivity contribution in [2.45, 2.75) is 78.4 Å². The predicted molar refractivity (Wildman–Crippen MR) is 120 cm³/mol. The van der Waals surface area contributed by atoms with Crippen molar-refractivity contribution < 1.29 is 14.3 Å². The van der Waals surface area contributed by atoms with E-state index < -0.39 is 0 Å². The maximum absolute atomic E-state index is 11.0. The van der Waals surface area contributed by atoms with Gasteiger partial charge in [-0.05, 0) is 51.4 Å². The molecule has 1 heterocycles. The van der Waals surface area contributed by atoms with Crippen LogP contribution in [-0.2, 0) is 14.3 Å². The Balaban J connectivity index is 0.00000352. The van der Waals surface area contributed by atoms with Crippen LogP contribution >= 0.6 is 0 Å². The number of unbranched alkanes of at least 4 members (excludes halogenated alkanes) is 1. The van der Waals surface area contributed by atoms with Gasteiger partial charge in [-0.1, -0.05) is 81.5 Å². The second-order valence-corrected chi connectivity index (χ2v) is 6.23. The van der Waals surface area contributed by atoms with Gasteiger partial charge in [0.15, 0.2) is 12.1 Å². The Kier molecular flexibility index (Phi) is 20.3. The van der Waals surface area contributed by atoms with Crippen LogP contribution in [0.3, 0.4) is 0 Å². The summed E-state index contributed by atoms with van der Waals surface area (Å²) in [5.74, 6) is 0.0269. The largest absolute Gasteiger partial charge is 0.345 e. The molecule has 3 heteroatoms. The van der Waals surface area contributed by atoms with E-state index in [0.29, 0.717) is 0 Å². The molecule has 158 valence electrons. The molecule has 1 aliphatic heterocycles. The molecule has 0 aromatic rings. The highest BCUT2D eigenvalue weighted by Crippen LogP contribution is 2.11. The minimum atomic E-state index is -0.199. The molecule has 0 bridgehead atoms. The van der Waals surface area contributed by atoms with Crippen LogP contribution in [0.15, 0.2) is 60.8 Å². The van der Waals surface area contributed by atoms with Crippen LogP contribution in [0.25, 0.3) is 0 Å². The molecule has 0 spiro atoms. The van der Waals surface area contributed by atoms with Gasteiger partial charge >= 0.3 is 0 Å². The van der Waals surface area contributed by atoms with Gasteiger partial charge in [0.25, 0.3) is 0 Å². The van der Waals surface area contributed by atoms with Crippen molar-refractivity contribution in [2.75, 3.05) is 13.2 Å². The van der Waals surface area contributed by atoms with Crippen LogP contribution in [0.1, 0.15) is 72.1 Å². The summed E-state index contributed by atoms with van der Waals surface area (Å²) in [7, 11) is 0. The van der Waals surface area contributed by atoms with E-state index in [1.807, 2.05) is 13.8 Å². The average Bonchev–Trinajstić information content (AvgIpc) is 2.73. The Bertz CT molecular complexity index is 488. The fraction of sp³-hybridized carbons (Fsp3) is 0.560. The zero-order valence-electron chi connectivity index (χ0n) is 18.1. The van der Waals surface area contributed by atoms with E-state index in [9.17, 15) is 4.79 Å². The van der Waals surface area contributed by atoms with Gasteiger partial charge in [0.2, 0.25) is 0 Å². The van der Waals surface area contributed by atoms with Gasteiger partial charge in [-0.15, -0.1) is 0 Å². The molecule has 3 nitrogen and oxygen atoms in total. The molecule has 0 N–H and O–H groups in total. The fourth-order valence-corrected chi connectivity index (χ4v) is 2.40. The molecule has 1 fully saturated rings. The van der Waals surface area contributed by atoms with Crippen LogP contribution in [0.2, 0.25) is 0 Å². The van der Waals surface area contributed by atoms with Crippen LogP contribution in [0.5, 0.6) is 0 Å². The summed E-state index contributed by atoms with van der Waals surface area (Å²) in [6, 6.07) is 0. The summed E-state index contributed by atoms with van der Waals surface area (Å²) in [4.78, 5) is 11.0. The van der Waals surface area contributed by atoms with Crippen LogP contribution in [-0.4, -0.2) is 25.3 Å². The molecule has 1 saturated heterocycles. The highest BCUT2D eigenvalue weighted by molar-refractivity contribution is 5.81. The highest BCUT2D eigenvalue weighted by atomic mass is 16.7. The van der Waals surface area contributed by atoms with Crippen molar-refractivity contribution >= 4 is 5.78 Å². The number of carbonyl (C=O) groups is 1. The first kappa shape index (κ1) is 26.3. The summed E-state index contributed by atoms with van der Waals surface area (Å²) in [5.41, 5.74) is 0. The molecule has 28 heavy (non-hydrogen) atoms. The van der Waals surface area contributed by atoms with Gasteiger partial charge in [-0.25, -0.2) is 0 Å². The number of ether oxygens (including phenoxy) is 2. The second-order valence-electron chi connectivity index (χ2n) is 6.23. The molecular formula is C25H40O3. The first-order chi connectivity index (χ1) is 13.8. The molecular weight excluding hydrogens is 348 g/mol. The summed E-state index contributed by atoms with van der Waals surface area (Å²) in [5, 5.41) is 0. The van der Waals surface area contributed by atoms with Gasteiger partial charge in [0.1, 0.15) is 13.2 Å². The third-order valence-corrected chi connectivity index (χ3v) is 3.83. The number of rotatable bonds is 13. The maximum atomic E-state index is 11.0. The van der Waals surface area contributed by atoms with Gasteiger partial charge < -0.3 is 9.47 Å². The molecule has 0 aromatic carbocycles. The van der Waals surface area contributed by atoms with Gasteiger partial charge in [0, 0.05) is 0 Å². The van der Waals surface area contributed by atoms with Gasteiger partial charge in [0.05, 0.1) is 0 Å². The van der Waals surface area contributed by atoms with E-state index in [1.54, 1.807) is 0 Å². The van der Waals surface area contributed by atoms with Gasteiger partial charge in [-0.3, -0.25) is 4.79 Å². The second kappa shape index (κ2) is 21.6. The summed E-state index contributed by atoms with van der Waals surface area (Å²) >= 11 is 0. The van der Waals surface area contributed by atoms with Crippen molar-refractivity contribution in [2.24, 2.45) is 0 Å². The zero-order valence-corrected chi connectivity index (χ0v) is 18.1. The van der Waals surface area contributed by atoms with Crippen molar-refractivity contribution in [1.29, 1.82) is 0 Å². The molecule has 1 aliphatic rings. The molecule has 0 aromatic heterocycles. The van der Waals surface area contributed by atoms with Crippen molar-refractivity contribution in [1.82, 2.24) is 0 Å². The van der Waals surface area contributed by atoms with Gasteiger partial charge in [-0.2, -0.15) is 0 Å². The number of allylic oxidation sites excluding steroid dienone is 10. The minimum Gasteiger partial charge on any atom is -0.345 e. The van der Waals surface area contributed by atoms with E-state index in [-0.39, 0.29) is 25.3 Å². The number of ketones is 1. The first-order valence-corrected chi connectivity index (χ1v) is 10.8. The number of hydrogen-bond donors (Lipinski definition) is 0. The molecule has 1 rings (SSSR count). The Morgan fingerprint density at radius 2 is 1.18 bits per heavy atom. The summed E-state index contributed by atoms with van der Waals surface area (Å²) in [6.07, 6.45) is 29.9. The average molecular weight is 389 g/mol. The quantitative estimate of drug-likeness (QED) is 0.255. The normalized spacial score (nSPS) is 16.2. The Morgan fingerprint density at radius 1 is 0.750 bits per heavy atom. The lowest BCUT2D eigenvalue weighted by Gasteiger charge is -2.21. The molecule has 0 amide bonds. The number of hydrogen-bond acceptors (Lipinski definition) is 3. The Labute approximate surface area is 172 Å². The first-order valence-electron chi connectivity index (χ1n) is 10.8. The highest BCUT2D eigenvalue weighted by Gasteiger charge is 2.18. The standard InChI is InChI=1S/C23H34O3.C2H6/c1-2-3-4-5-6-7-8-9-10-11-12-13-14-15-16-17-18-19-23-25-20-22(24)21-26-23;1-2/h3-4,6-7,9-10,12-13,15-16,23H,2,5,8,11,14,17-21H2,1H3;1-2H3/b4-3-,7-6-,10-9-,13-12-,16-15-;. The lowest BCUT2D eigenvalue weighted by molar-refractivity contribution is -0.187. The minimum absolute atomic E-state index is 0.0269. The van der Waals surface area contributed by atoms with E-state index in [0.717, 1.165) is 51.4 Å². The Morgan fingerprint density at radius 3 is 1.64 bits per heavy atom. The zero-order chi connectivity index (χ0) is 20.7. The Hall–Kier alpha value is -1.71. The molecule has 0 unspecified atom stereocenters. The summed E-state index contributed by atoms with van der Waals surface area (Å²) < 4.78 is 10.6. The third-order valence-electron chi connectivity index (χ3n) is 3.83. The van der Waals surface area contributed by atoms with Crippen molar-refractivity contribution in [3.8, 4) is 0 Å². The van der Waals surface area contributed by atoms with Crippen LogP contribution in [0, 0.1) is 0 Å². The van der Waals surface area contributed by atoms with Crippen molar-refractivity contribution in [3.63, 3.8) is 0 Å². The van der Waals surface area contributed by atoms with Crippen molar-refractivity contribution in [3.05, 3.63) is 60.8 Å². The van der Waals surface area contributed by atoms with E-state index in [4.69, 9.17) is 9.47 Å². The lowest BCUT2D eigenvalue weighted by Crippen LogP contribution is -2.31. The lowest BCUT2D eigenvalue weighted by atomic mass is 10.2. The third kappa shape index (κ3) is 17.7. The monoisotopic (exact) mass is 388 g/mol. The van der Waals surface area contributed by atoms with E-state index >= 15 is 0 Å². The SMILES string of the molecule is CC.CC/C=C\C/C=C\C/C=C\C/C=C\C/C=C\CCCC1OCC(=O)CO1. The van der Waals surface area contributed by atoms with E-state index in [2.05, 4.69) is 67.7 Å². The molecule has 0 atom stereocenters. The fourth-order valence-electron chi connectivity index (χ4n) is 2.40. The smallest absolute Gasteiger partial charge is 0.184 e. The maximum Gasteiger partial charge on any atom is 0.184 e. The molecule has 0 aliphatic carbocycles. The number of carbonyl (C=O) groups excluding carboxylic acids is 1. The topological polar surface area (TPSA) is 35.5 Å². The predicted octanol–water partition coefficient (Wildman–Crippen LogP) is 6.88. The number of Topliss-reactive ketones (excluding diaryl/α,β-unsaturated/α-hetero) is 1. The molecule has 0 saturated carbocycles. The van der Waals surface area contributed by atoms with Crippen LogP contribution in [0.4, 0.5) is 0 Å². The van der Waals surface area contributed by atoms with E-state index in [1.165, 1.54) is 0 Å². The summed E-state index contributed by atoms with van der Waals surface area (Å²) in [6.45, 7) is 6.55. The van der Waals surface area contributed by atoms with Crippen LogP contribution < -0.4 is 0 Å². The molecule has 0 radical (unpaired) electrons.